The number of hydrogen-bond donors (Lipinski definition) is 3. The van der Waals surface area contributed by atoms with Crippen LogP contribution in [0.15, 0.2) is 48.5 Å². The molecule has 0 spiro atoms. The van der Waals surface area contributed by atoms with Gasteiger partial charge in [0, 0.05) is 17.8 Å². The average Bonchev–Trinajstić information content (AvgIpc) is 2.66. The van der Waals surface area contributed by atoms with Crippen molar-refractivity contribution in [2.24, 2.45) is 5.92 Å². The van der Waals surface area contributed by atoms with Crippen molar-refractivity contribution < 1.29 is 18.0 Å². The molecule has 0 saturated carbocycles. The smallest absolute Gasteiger partial charge is 0.255 e. The van der Waals surface area contributed by atoms with E-state index in [-0.39, 0.29) is 17.2 Å². The number of sulfonamides is 1. The minimum Gasteiger partial charge on any atom is -0.352 e. The van der Waals surface area contributed by atoms with Crippen LogP contribution in [0.2, 0.25) is 0 Å². The molecular weight excluding hydrogens is 390 g/mol. The Kier molecular flexibility index (Phi) is 7.78. The molecular formula is C21H27N3O4S. The fraction of sp³-hybridized carbons (Fsp3) is 0.333. The van der Waals surface area contributed by atoms with E-state index in [9.17, 15) is 18.0 Å². The van der Waals surface area contributed by atoms with E-state index in [0.29, 0.717) is 35.8 Å². The van der Waals surface area contributed by atoms with Gasteiger partial charge in [0.15, 0.2) is 0 Å². The van der Waals surface area contributed by atoms with Gasteiger partial charge in [-0.3, -0.25) is 14.3 Å². The molecule has 7 nitrogen and oxygen atoms in total. The van der Waals surface area contributed by atoms with E-state index in [1.54, 1.807) is 49.4 Å². The molecule has 2 aromatic rings. The van der Waals surface area contributed by atoms with Gasteiger partial charge in [-0.2, -0.15) is 0 Å². The summed E-state index contributed by atoms with van der Waals surface area (Å²) in [6.45, 7) is 6.30. The molecule has 0 atom stereocenters. The lowest BCUT2D eigenvalue weighted by Crippen LogP contribution is -2.28. The minimum atomic E-state index is -3.45. The van der Waals surface area contributed by atoms with E-state index >= 15 is 0 Å². The first kappa shape index (κ1) is 22.4. The lowest BCUT2D eigenvalue weighted by molar-refractivity contribution is 0.0950. The van der Waals surface area contributed by atoms with Crippen molar-refractivity contribution in [1.29, 1.82) is 0 Å². The average molecular weight is 418 g/mol. The predicted octanol–water partition coefficient (Wildman–Crippen LogP) is 3.48. The fourth-order valence-corrected chi connectivity index (χ4v) is 3.73. The maximum absolute atomic E-state index is 12.7. The standard InChI is InChI=1S/C21H27N3O4S/c1-4-12-29(27,28)24-17-9-7-8-16(13-17)20(25)23-19-11-6-5-10-18(19)21(26)22-14-15(2)3/h5-11,13,15,24H,4,12,14H2,1-3H3,(H,22,26)(H,23,25). The molecule has 8 heteroatoms. The Balaban J connectivity index is 2.17. The van der Waals surface area contributed by atoms with Crippen LogP contribution in [0, 0.1) is 5.92 Å². The molecule has 2 rings (SSSR count). The number of carbonyl (C=O) groups excluding carboxylic acids is 2. The van der Waals surface area contributed by atoms with Gasteiger partial charge in [0.05, 0.1) is 17.0 Å². The Hall–Kier alpha value is -2.87. The highest BCUT2D eigenvalue weighted by Crippen LogP contribution is 2.18. The second kappa shape index (κ2) is 10.1. The van der Waals surface area contributed by atoms with Gasteiger partial charge < -0.3 is 10.6 Å². The zero-order chi connectivity index (χ0) is 21.4. The summed E-state index contributed by atoms with van der Waals surface area (Å²) in [4.78, 5) is 25.1. The Morgan fingerprint density at radius 3 is 2.41 bits per heavy atom. The van der Waals surface area contributed by atoms with Crippen LogP contribution in [0.1, 0.15) is 47.9 Å². The third-order valence-corrected chi connectivity index (χ3v) is 5.45. The molecule has 0 aliphatic rings. The van der Waals surface area contributed by atoms with Crippen LogP contribution in [0.5, 0.6) is 0 Å². The summed E-state index contributed by atoms with van der Waals surface area (Å²) in [5.74, 6) is -0.399. The van der Waals surface area contributed by atoms with Crippen molar-refractivity contribution in [2.45, 2.75) is 27.2 Å². The highest BCUT2D eigenvalue weighted by Gasteiger charge is 2.15. The van der Waals surface area contributed by atoms with Crippen molar-refractivity contribution in [3.8, 4) is 0 Å². The summed E-state index contributed by atoms with van der Waals surface area (Å²) in [5, 5.41) is 5.57. The maximum Gasteiger partial charge on any atom is 0.255 e. The molecule has 2 amide bonds. The van der Waals surface area contributed by atoms with E-state index < -0.39 is 15.9 Å². The SMILES string of the molecule is CCCS(=O)(=O)Nc1cccc(C(=O)Nc2ccccc2C(=O)NCC(C)C)c1. The summed E-state index contributed by atoms with van der Waals surface area (Å²) in [6.07, 6.45) is 0.491. The molecule has 3 N–H and O–H groups in total. The second-order valence-electron chi connectivity index (χ2n) is 7.11. The van der Waals surface area contributed by atoms with Gasteiger partial charge in [-0.05, 0) is 42.7 Å². The number of amides is 2. The molecule has 29 heavy (non-hydrogen) atoms. The third-order valence-electron chi connectivity index (χ3n) is 3.96. The van der Waals surface area contributed by atoms with Gasteiger partial charge in [0.25, 0.3) is 11.8 Å². The van der Waals surface area contributed by atoms with Gasteiger partial charge in [-0.1, -0.05) is 39.0 Å². The second-order valence-corrected chi connectivity index (χ2v) is 8.95. The quantitative estimate of drug-likeness (QED) is 0.581. The number of nitrogens with one attached hydrogen (secondary N) is 3. The van der Waals surface area contributed by atoms with Gasteiger partial charge >= 0.3 is 0 Å². The number of benzene rings is 2. The van der Waals surface area contributed by atoms with Gasteiger partial charge in [0.2, 0.25) is 10.0 Å². The molecule has 0 fully saturated rings. The maximum atomic E-state index is 12.7. The summed E-state index contributed by atoms with van der Waals surface area (Å²) < 4.78 is 26.4. The Morgan fingerprint density at radius 1 is 1.00 bits per heavy atom. The largest absolute Gasteiger partial charge is 0.352 e. The molecule has 0 aliphatic heterocycles. The number of rotatable bonds is 9. The molecule has 0 saturated heterocycles. The topological polar surface area (TPSA) is 104 Å². The van der Waals surface area contributed by atoms with Crippen LogP contribution in [0.25, 0.3) is 0 Å². The van der Waals surface area contributed by atoms with Crippen LogP contribution < -0.4 is 15.4 Å². The summed E-state index contributed by atoms with van der Waals surface area (Å²) in [6, 6.07) is 13.0. The van der Waals surface area contributed by atoms with E-state index in [2.05, 4.69) is 15.4 Å². The van der Waals surface area contributed by atoms with Crippen molar-refractivity contribution in [1.82, 2.24) is 5.32 Å². The van der Waals surface area contributed by atoms with E-state index in [1.165, 1.54) is 6.07 Å². The van der Waals surface area contributed by atoms with Gasteiger partial charge in [-0.25, -0.2) is 8.42 Å². The van der Waals surface area contributed by atoms with Crippen molar-refractivity contribution >= 4 is 33.2 Å². The van der Waals surface area contributed by atoms with Crippen LogP contribution >= 0.6 is 0 Å². The monoisotopic (exact) mass is 417 g/mol. The summed E-state index contributed by atoms with van der Waals surface area (Å²) in [5.41, 5.74) is 1.34. The summed E-state index contributed by atoms with van der Waals surface area (Å²) >= 11 is 0. The first-order valence-electron chi connectivity index (χ1n) is 9.51. The molecule has 0 aliphatic carbocycles. The molecule has 156 valence electrons. The van der Waals surface area contributed by atoms with Crippen LogP contribution in [0.4, 0.5) is 11.4 Å². The highest BCUT2D eigenvalue weighted by atomic mass is 32.2. The molecule has 0 unspecified atom stereocenters. The van der Waals surface area contributed by atoms with Crippen molar-refractivity contribution in [3.63, 3.8) is 0 Å². The zero-order valence-electron chi connectivity index (χ0n) is 16.9. The van der Waals surface area contributed by atoms with E-state index in [1.807, 2.05) is 13.8 Å². The molecule has 0 bridgehead atoms. The predicted molar refractivity (Wildman–Crippen MR) is 116 cm³/mol. The summed E-state index contributed by atoms with van der Waals surface area (Å²) in [7, 11) is -3.45. The minimum absolute atomic E-state index is 0.00227. The van der Waals surface area contributed by atoms with Crippen LogP contribution in [-0.2, 0) is 10.0 Å². The third kappa shape index (κ3) is 6.90. The first-order chi connectivity index (χ1) is 13.7. The Bertz CT molecular complexity index is 971. The van der Waals surface area contributed by atoms with Crippen LogP contribution in [-0.4, -0.2) is 32.5 Å². The highest BCUT2D eigenvalue weighted by molar-refractivity contribution is 7.92. The number of hydrogen-bond acceptors (Lipinski definition) is 4. The lowest BCUT2D eigenvalue weighted by atomic mass is 10.1. The molecule has 0 heterocycles. The van der Waals surface area contributed by atoms with E-state index in [4.69, 9.17) is 0 Å². The zero-order valence-corrected chi connectivity index (χ0v) is 17.7. The number of para-hydroxylation sites is 1. The number of carbonyl (C=O) groups is 2. The Morgan fingerprint density at radius 2 is 1.72 bits per heavy atom. The van der Waals surface area contributed by atoms with Crippen molar-refractivity contribution in [3.05, 3.63) is 59.7 Å². The van der Waals surface area contributed by atoms with E-state index in [0.717, 1.165) is 0 Å². The van der Waals surface area contributed by atoms with Crippen LogP contribution in [0.3, 0.4) is 0 Å². The Labute approximate surface area is 172 Å². The first-order valence-corrected chi connectivity index (χ1v) is 11.2. The number of anilines is 2. The van der Waals surface area contributed by atoms with Gasteiger partial charge in [0.1, 0.15) is 0 Å². The molecule has 0 radical (unpaired) electrons. The fourth-order valence-electron chi connectivity index (χ4n) is 2.60. The lowest BCUT2D eigenvalue weighted by Gasteiger charge is -2.13. The van der Waals surface area contributed by atoms with Gasteiger partial charge in [-0.15, -0.1) is 0 Å². The molecule has 2 aromatic carbocycles. The van der Waals surface area contributed by atoms with Crippen molar-refractivity contribution in [2.75, 3.05) is 22.3 Å². The normalized spacial score (nSPS) is 11.2. The molecule has 0 aromatic heterocycles.